The summed E-state index contributed by atoms with van der Waals surface area (Å²) in [6.07, 6.45) is 0. The van der Waals surface area contributed by atoms with Crippen LogP contribution in [0.4, 0.5) is 5.69 Å². The van der Waals surface area contributed by atoms with Gasteiger partial charge in [0.1, 0.15) is 6.04 Å². The standard InChI is InChI=1S/C12H10N2O2S2/c15-10-7-18-6-9-11(16)13(12(17)14(9)10)8-4-2-1-3-5-8/h1-5,9H,6-7H2. The summed E-state index contributed by atoms with van der Waals surface area (Å²) >= 11 is 6.76. The number of thioether (sulfide) groups is 1. The SMILES string of the molecule is O=C1C2CSCC(=O)N2C(=S)N1c1ccccc1. The highest BCUT2D eigenvalue weighted by Gasteiger charge is 2.47. The normalized spacial score (nSPS) is 23.6. The number of hydrogen-bond acceptors (Lipinski definition) is 4. The molecule has 6 heteroatoms. The van der Waals surface area contributed by atoms with Crippen LogP contribution in [0.15, 0.2) is 30.3 Å². The minimum absolute atomic E-state index is 0.0759. The molecule has 4 nitrogen and oxygen atoms in total. The van der Waals surface area contributed by atoms with Crippen LogP contribution in [0.2, 0.25) is 0 Å². The van der Waals surface area contributed by atoms with E-state index >= 15 is 0 Å². The molecule has 2 heterocycles. The Morgan fingerprint density at radius 2 is 1.94 bits per heavy atom. The average Bonchev–Trinajstić information content (AvgIpc) is 2.64. The summed E-state index contributed by atoms with van der Waals surface area (Å²) in [5, 5.41) is 0.307. The highest BCUT2D eigenvalue weighted by atomic mass is 32.2. The number of nitrogens with zero attached hydrogens (tertiary/aromatic N) is 2. The first-order valence-electron chi connectivity index (χ1n) is 5.53. The van der Waals surface area contributed by atoms with Crippen LogP contribution >= 0.6 is 24.0 Å². The molecule has 2 amide bonds. The molecule has 0 bridgehead atoms. The summed E-state index contributed by atoms with van der Waals surface area (Å²) in [6.45, 7) is 0. The van der Waals surface area contributed by atoms with E-state index in [0.29, 0.717) is 16.6 Å². The van der Waals surface area contributed by atoms with Crippen molar-refractivity contribution in [2.45, 2.75) is 6.04 Å². The van der Waals surface area contributed by atoms with E-state index in [-0.39, 0.29) is 11.8 Å². The summed E-state index contributed by atoms with van der Waals surface area (Å²) in [5.41, 5.74) is 0.722. The van der Waals surface area contributed by atoms with Gasteiger partial charge in [-0.3, -0.25) is 19.4 Å². The number of rotatable bonds is 1. The fraction of sp³-hybridized carbons (Fsp3) is 0.250. The second kappa shape index (κ2) is 4.37. The summed E-state index contributed by atoms with van der Waals surface area (Å²) in [6, 6.07) is 8.78. The number of hydrogen-bond donors (Lipinski definition) is 0. The van der Waals surface area contributed by atoms with Gasteiger partial charge in [0.15, 0.2) is 5.11 Å². The van der Waals surface area contributed by atoms with E-state index in [1.807, 2.05) is 30.3 Å². The van der Waals surface area contributed by atoms with Crippen molar-refractivity contribution in [1.29, 1.82) is 0 Å². The van der Waals surface area contributed by atoms with Crippen molar-refractivity contribution in [3.8, 4) is 0 Å². The van der Waals surface area contributed by atoms with E-state index in [4.69, 9.17) is 12.2 Å². The zero-order valence-electron chi connectivity index (χ0n) is 9.41. The van der Waals surface area contributed by atoms with Gasteiger partial charge in [-0.1, -0.05) is 18.2 Å². The summed E-state index contributed by atoms with van der Waals surface area (Å²) in [7, 11) is 0. The third-order valence-electron chi connectivity index (χ3n) is 3.00. The number of para-hydroxylation sites is 1. The molecule has 2 fully saturated rings. The highest BCUT2D eigenvalue weighted by molar-refractivity contribution is 8.00. The molecule has 92 valence electrons. The lowest BCUT2D eigenvalue weighted by atomic mass is 10.2. The molecule has 0 saturated carbocycles. The van der Waals surface area contributed by atoms with Gasteiger partial charge in [-0.05, 0) is 24.4 Å². The van der Waals surface area contributed by atoms with Crippen LogP contribution < -0.4 is 4.90 Å². The summed E-state index contributed by atoms with van der Waals surface area (Å²) in [5.74, 6) is 0.834. The van der Waals surface area contributed by atoms with Gasteiger partial charge in [0.25, 0.3) is 5.91 Å². The van der Waals surface area contributed by atoms with Gasteiger partial charge in [-0.25, -0.2) is 0 Å². The van der Waals surface area contributed by atoms with Gasteiger partial charge in [0, 0.05) is 5.75 Å². The fourth-order valence-corrected chi connectivity index (χ4v) is 3.53. The number of fused-ring (bicyclic) bond motifs is 1. The van der Waals surface area contributed by atoms with Crippen LogP contribution in [0.1, 0.15) is 0 Å². The number of anilines is 1. The van der Waals surface area contributed by atoms with Crippen molar-refractivity contribution in [3.05, 3.63) is 30.3 Å². The molecule has 2 aliphatic rings. The first-order chi connectivity index (χ1) is 8.70. The van der Waals surface area contributed by atoms with Crippen LogP contribution in [0, 0.1) is 0 Å². The molecule has 18 heavy (non-hydrogen) atoms. The topological polar surface area (TPSA) is 40.6 Å². The van der Waals surface area contributed by atoms with Gasteiger partial charge in [0.05, 0.1) is 11.4 Å². The molecule has 1 aromatic rings. The zero-order valence-corrected chi connectivity index (χ0v) is 11.0. The molecule has 0 spiro atoms. The van der Waals surface area contributed by atoms with Gasteiger partial charge in [0.2, 0.25) is 5.91 Å². The molecule has 0 aliphatic carbocycles. The van der Waals surface area contributed by atoms with Crippen LogP contribution in [-0.4, -0.2) is 39.4 Å². The Kier molecular flexibility index (Phi) is 2.83. The highest BCUT2D eigenvalue weighted by Crippen LogP contribution is 2.30. The fourth-order valence-electron chi connectivity index (χ4n) is 2.16. The van der Waals surface area contributed by atoms with E-state index in [1.165, 1.54) is 21.6 Å². The van der Waals surface area contributed by atoms with Gasteiger partial charge >= 0.3 is 0 Å². The zero-order chi connectivity index (χ0) is 12.7. The molecule has 0 radical (unpaired) electrons. The maximum absolute atomic E-state index is 12.3. The monoisotopic (exact) mass is 278 g/mol. The molecule has 2 saturated heterocycles. The van der Waals surface area contributed by atoms with Crippen LogP contribution in [0.3, 0.4) is 0 Å². The predicted molar refractivity (Wildman–Crippen MR) is 74.5 cm³/mol. The smallest absolute Gasteiger partial charge is 0.257 e. The molecular formula is C12H10N2O2S2. The molecule has 0 aromatic heterocycles. The Bertz CT molecular complexity index is 532. The van der Waals surface area contributed by atoms with E-state index in [9.17, 15) is 9.59 Å². The minimum atomic E-state index is -0.427. The summed E-state index contributed by atoms with van der Waals surface area (Å²) < 4.78 is 0. The molecule has 0 N–H and O–H groups in total. The first kappa shape index (κ1) is 11.7. The van der Waals surface area contributed by atoms with E-state index < -0.39 is 6.04 Å². The van der Waals surface area contributed by atoms with Crippen molar-refractivity contribution in [1.82, 2.24) is 4.90 Å². The third-order valence-corrected chi connectivity index (χ3v) is 4.38. The quantitative estimate of drug-likeness (QED) is 0.725. The maximum Gasteiger partial charge on any atom is 0.257 e. The Morgan fingerprint density at radius 1 is 1.22 bits per heavy atom. The van der Waals surface area contributed by atoms with Crippen LogP contribution in [0.25, 0.3) is 0 Å². The van der Waals surface area contributed by atoms with E-state index in [1.54, 1.807) is 0 Å². The van der Waals surface area contributed by atoms with E-state index in [2.05, 4.69) is 0 Å². The number of carbonyl (C=O) groups excluding carboxylic acids is 2. The number of thiocarbonyl (C=S) groups is 1. The van der Waals surface area contributed by atoms with Gasteiger partial charge in [-0.2, -0.15) is 0 Å². The van der Waals surface area contributed by atoms with Gasteiger partial charge in [-0.15, -0.1) is 11.8 Å². The lowest BCUT2D eigenvalue weighted by Gasteiger charge is -2.25. The Morgan fingerprint density at radius 3 is 2.61 bits per heavy atom. The molecule has 1 unspecified atom stereocenters. The van der Waals surface area contributed by atoms with Crippen molar-refractivity contribution in [3.63, 3.8) is 0 Å². The largest absolute Gasteiger partial charge is 0.274 e. The van der Waals surface area contributed by atoms with Crippen LogP contribution in [0.5, 0.6) is 0 Å². The molecule has 1 atom stereocenters. The van der Waals surface area contributed by atoms with E-state index in [0.717, 1.165) is 5.69 Å². The Hall–Kier alpha value is -1.40. The second-order valence-electron chi connectivity index (χ2n) is 4.09. The summed E-state index contributed by atoms with van der Waals surface area (Å²) in [4.78, 5) is 27.1. The minimum Gasteiger partial charge on any atom is -0.274 e. The lowest BCUT2D eigenvalue weighted by Crippen LogP contribution is -2.46. The Balaban J connectivity index is 2.01. The van der Waals surface area contributed by atoms with Gasteiger partial charge < -0.3 is 0 Å². The molecular weight excluding hydrogens is 268 g/mol. The lowest BCUT2D eigenvalue weighted by molar-refractivity contribution is -0.130. The number of carbonyl (C=O) groups is 2. The first-order valence-corrected chi connectivity index (χ1v) is 7.09. The molecule has 1 aromatic carbocycles. The number of amides is 2. The second-order valence-corrected chi connectivity index (χ2v) is 5.48. The van der Waals surface area contributed by atoms with Crippen molar-refractivity contribution < 1.29 is 9.59 Å². The number of benzene rings is 1. The maximum atomic E-state index is 12.3. The molecule has 2 aliphatic heterocycles. The third kappa shape index (κ3) is 1.64. The van der Waals surface area contributed by atoms with Crippen molar-refractivity contribution >= 4 is 46.6 Å². The molecule has 3 rings (SSSR count). The average molecular weight is 278 g/mol. The van der Waals surface area contributed by atoms with Crippen LogP contribution in [-0.2, 0) is 9.59 Å². The Labute approximate surface area is 114 Å². The van der Waals surface area contributed by atoms with Crippen molar-refractivity contribution in [2.75, 3.05) is 16.4 Å². The van der Waals surface area contributed by atoms with Crippen molar-refractivity contribution in [2.24, 2.45) is 0 Å². The predicted octanol–water partition coefficient (Wildman–Crippen LogP) is 1.26.